The van der Waals surface area contributed by atoms with Gasteiger partial charge in [-0.2, -0.15) is 0 Å². The Morgan fingerprint density at radius 1 is 1.29 bits per heavy atom. The second-order valence-corrected chi connectivity index (χ2v) is 9.42. The van der Waals surface area contributed by atoms with Crippen LogP contribution in [0.25, 0.3) is 21.6 Å². The van der Waals surface area contributed by atoms with Gasteiger partial charge in [0.1, 0.15) is 16.2 Å². The van der Waals surface area contributed by atoms with E-state index in [1.54, 1.807) is 25.2 Å². The van der Waals surface area contributed by atoms with Crippen molar-refractivity contribution in [3.63, 3.8) is 0 Å². The average Bonchev–Trinajstić information content (AvgIpc) is 2.99. The highest BCUT2D eigenvalue weighted by molar-refractivity contribution is 7.18. The van der Waals surface area contributed by atoms with Gasteiger partial charge >= 0.3 is 5.97 Å². The molecule has 6 heteroatoms. The minimum absolute atomic E-state index is 0.250. The van der Waals surface area contributed by atoms with Crippen LogP contribution >= 0.6 is 11.3 Å². The Hall–Kier alpha value is -2.47. The lowest BCUT2D eigenvalue weighted by atomic mass is 9.89. The van der Waals surface area contributed by atoms with E-state index in [-0.39, 0.29) is 5.56 Å². The lowest BCUT2D eigenvalue weighted by molar-refractivity contribution is -0.145. The molecule has 1 unspecified atom stereocenters. The maximum atomic E-state index is 13.6. The number of carbonyl (C=O) groups is 1. The van der Waals surface area contributed by atoms with Gasteiger partial charge in [0.25, 0.3) is 5.56 Å². The van der Waals surface area contributed by atoms with Crippen molar-refractivity contribution in [2.75, 3.05) is 0 Å². The number of carboxylic acids is 1. The van der Waals surface area contributed by atoms with Crippen LogP contribution < -0.4 is 5.56 Å². The van der Waals surface area contributed by atoms with Gasteiger partial charge in [0.15, 0.2) is 0 Å². The van der Waals surface area contributed by atoms with Gasteiger partial charge in [-0.15, -0.1) is 11.3 Å². The summed E-state index contributed by atoms with van der Waals surface area (Å²) in [5.41, 5.74) is 1.26. The van der Waals surface area contributed by atoms with Gasteiger partial charge in [0.2, 0.25) is 0 Å². The fourth-order valence-corrected chi connectivity index (χ4v) is 5.27. The fraction of sp³-hybridized carbons (Fsp3) is 0.409. The lowest BCUT2D eigenvalue weighted by Crippen LogP contribution is -2.44. The number of benzene rings is 1. The molecule has 1 aromatic carbocycles. The second kappa shape index (κ2) is 6.55. The molecule has 0 bridgehead atoms. The lowest BCUT2D eigenvalue weighted by Gasteiger charge is -2.26. The largest absolute Gasteiger partial charge is 0.480 e. The number of nitrogens with zero attached hydrogens (tertiary/aromatic N) is 2. The number of aryl methyl sites for hydroxylation is 2. The van der Waals surface area contributed by atoms with Gasteiger partial charge in [-0.3, -0.25) is 9.36 Å². The van der Waals surface area contributed by atoms with Crippen LogP contribution in [0.2, 0.25) is 0 Å². The summed E-state index contributed by atoms with van der Waals surface area (Å²) in [5, 5.41) is 10.5. The number of thiophene rings is 1. The molecule has 1 atom stereocenters. The predicted octanol–water partition coefficient (Wildman–Crippen LogP) is 4.38. The van der Waals surface area contributed by atoms with Crippen molar-refractivity contribution in [3.8, 4) is 11.4 Å². The first kappa shape index (κ1) is 18.9. The van der Waals surface area contributed by atoms with Crippen molar-refractivity contribution in [2.24, 2.45) is 5.92 Å². The molecule has 3 aromatic rings. The standard InChI is InChI=1S/C22H24N2O3S/c1-12-5-8-14(9-6-12)18-23-19-17(15-10-7-13(2)11-16(15)28-19)20(25)24(18)22(3,4)21(26)27/h5-6,8-9,13H,7,10-11H2,1-4H3,(H,26,27). The monoisotopic (exact) mass is 396 g/mol. The van der Waals surface area contributed by atoms with Gasteiger partial charge in [-0.05, 0) is 51.5 Å². The molecule has 146 valence electrons. The molecule has 0 fully saturated rings. The molecule has 0 aliphatic heterocycles. The molecule has 1 aliphatic rings. The van der Waals surface area contributed by atoms with E-state index in [1.807, 2.05) is 31.2 Å². The van der Waals surface area contributed by atoms with Crippen molar-refractivity contribution in [3.05, 3.63) is 50.6 Å². The van der Waals surface area contributed by atoms with Crippen LogP contribution in [0.1, 0.15) is 43.2 Å². The molecule has 5 nitrogen and oxygen atoms in total. The van der Waals surface area contributed by atoms with Crippen molar-refractivity contribution >= 4 is 27.5 Å². The van der Waals surface area contributed by atoms with Crippen LogP contribution in [0.3, 0.4) is 0 Å². The summed E-state index contributed by atoms with van der Waals surface area (Å²) in [6.45, 7) is 7.33. The number of carboxylic acid groups (broad SMARTS) is 1. The normalized spacial score (nSPS) is 16.9. The quantitative estimate of drug-likeness (QED) is 0.713. The smallest absolute Gasteiger partial charge is 0.329 e. The van der Waals surface area contributed by atoms with Gasteiger partial charge in [0.05, 0.1) is 5.39 Å². The number of rotatable bonds is 3. The van der Waals surface area contributed by atoms with Crippen LogP contribution in [0.5, 0.6) is 0 Å². The number of hydrogen-bond acceptors (Lipinski definition) is 4. The second-order valence-electron chi connectivity index (χ2n) is 8.34. The van der Waals surface area contributed by atoms with Crippen LogP contribution in [0, 0.1) is 12.8 Å². The minimum atomic E-state index is -1.41. The Morgan fingerprint density at radius 2 is 1.96 bits per heavy atom. The molecule has 2 heterocycles. The van der Waals surface area contributed by atoms with Crippen LogP contribution in [0.15, 0.2) is 29.1 Å². The Kier molecular flexibility index (Phi) is 4.42. The van der Waals surface area contributed by atoms with E-state index in [0.29, 0.717) is 17.1 Å². The Bertz CT molecular complexity index is 1140. The maximum absolute atomic E-state index is 13.6. The molecule has 0 saturated heterocycles. The number of aliphatic carboxylic acids is 1. The minimum Gasteiger partial charge on any atom is -0.480 e. The highest BCUT2D eigenvalue weighted by Crippen LogP contribution is 2.37. The zero-order valence-electron chi connectivity index (χ0n) is 16.6. The predicted molar refractivity (Wildman–Crippen MR) is 112 cm³/mol. The van der Waals surface area contributed by atoms with Gasteiger partial charge in [0, 0.05) is 10.4 Å². The van der Waals surface area contributed by atoms with Crippen molar-refractivity contribution < 1.29 is 9.90 Å². The average molecular weight is 397 g/mol. The number of hydrogen-bond donors (Lipinski definition) is 1. The summed E-state index contributed by atoms with van der Waals surface area (Å²) in [6.07, 6.45) is 2.85. The maximum Gasteiger partial charge on any atom is 0.329 e. The van der Waals surface area contributed by atoms with Crippen molar-refractivity contribution in [2.45, 2.75) is 52.5 Å². The molecule has 0 amide bonds. The highest BCUT2D eigenvalue weighted by Gasteiger charge is 2.35. The zero-order chi connectivity index (χ0) is 20.2. The third-order valence-corrected chi connectivity index (χ3v) is 6.87. The fourth-order valence-electron chi connectivity index (χ4n) is 3.90. The summed E-state index contributed by atoms with van der Waals surface area (Å²) in [5.74, 6) is -0.0480. The van der Waals surface area contributed by atoms with E-state index in [2.05, 4.69) is 6.92 Å². The third-order valence-electron chi connectivity index (χ3n) is 5.72. The van der Waals surface area contributed by atoms with E-state index in [9.17, 15) is 14.7 Å². The van der Waals surface area contributed by atoms with Crippen molar-refractivity contribution in [1.82, 2.24) is 9.55 Å². The Morgan fingerprint density at radius 3 is 2.61 bits per heavy atom. The summed E-state index contributed by atoms with van der Waals surface area (Å²) in [6, 6.07) is 7.69. The van der Waals surface area contributed by atoms with Gasteiger partial charge < -0.3 is 5.11 Å². The first-order chi connectivity index (χ1) is 13.2. The molecule has 1 aliphatic carbocycles. The highest BCUT2D eigenvalue weighted by atomic mass is 32.1. The molecule has 0 saturated carbocycles. The van der Waals surface area contributed by atoms with Crippen LogP contribution in [0.4, 0.5) is 0 Å². The molecule has 1 N–H and O–H groups in total. The first-order valence-corrected chi connectivity index (χ1v) is 10.4. The summed E-state index contributed by atoms with van der Waals surface area (Å²) < 4.78 is 1.37. The van der Waals surface area contributed by atoms with Crippen LogP contribution in [-0.4, -0.2) is 20.6 Å². The molecule has 4 rings (SSSR count). The molecule has 28 heavy (non-hydrogen) atoms. The third kappa shape index (κ3) is 2.87. The Labute approximate surface area is 167 Å². The van der Waals surface area contributed by atoms with E-state index in [0.717, 1.165) is 40.8 Å². The van der Waals surface area contributed by atoms with E-state index < -0.39 is 11.5 Å². The van der Waals surface area contributed by atoms with E-state index >= 15 is 0 Å². The zero-order valence-corrected chi connectivity index (χ0v) is 17.4. The van der Waals surface area contributed by atoms with E-state index in [1.165, 1.54) is 9.44 Å². The summed E-state index contributed by atoms with van der Waals surface area (Å²) in [4.78, 5) is 32.4. The van der Waals surface area contributed by atoms with E-state index in [4.69, 9.17) is 4.98 Å². The van der Waals surface area contributed by atoms with Crippen LogP contribution in [-0.2, 0) is 23.2 Å². The topological polar surface area (TPSA) is 72.2 Å². The molecule has 0 radical (unpaired) electrons. The molecule has 0 spiro atoms. The summed E-state index contributed by atoms with van der Waals surface area (Å²) >= 11 is 1.59. The Balaban J connectivity index is 2.09. The molecular weight excluding hydrogens is 372 g/mol. The van der Waals surface area contributed by atoms with Crippen molar-refractivity contribution in [1.29, 1.82) is 0 Å². The number of aromatic nitrogens is 2. The SMILES string of the molecule is Cc1ccc(-c2nc3sc4c(c3c(=O)n2C(C)(C)C(=O)O)CCC(C)C4)cc1. The number of fused-ring (bicyclic) bond motifs is 3. The molecular formula is C22H24N2O3S. The van der Waals surface area contributed by atoms with Gasteiger partial charge in [-0.1, -0.05) is 36.8 Å². The van der Waals surface area contributed by atoms with Gasteiger partial charge in [-0.25, -0.2) is 9.78 Å². The molecule has 2 aromatic heterocycles. The summed E-state index contributed by atoms with van der Waals surface area (Å²) in [7, 11) is 0. The first-order valence-electron chi connectivity index (χ1n) is 9.58.